The number of imidazole rings is 1. The summed E-state index contributed by atoms with van der Waals surface area (Å²) >= 11 is 0. The molecule has 11 heteroatoms. The first-order chi connectivity index (χ1) is 13.6. The predicted molar refractivity (Wildman–Crippen MR) is 95.1 cm³/mol. The summed E-state index contributed by atoms with van der Waals surface area (Å²) in [6, 6.07) is 3.81. The molecule has 1 aliphatic rings. The number of aromatic nitrogens is 3. The van der Waals surface area contributed by atoms with Gasteiger partial charge in [0.25, 0.3) is 17.4 Å². The Hall–Kier alpha value is -3.89. The van der Waals surface area contributed by atoms with Gasteiger partial charge in [0, 0.05) is 18.0 Å². The third kappa shape index (κ3) is 2.96. The van der Waals surface area contributed by atoms with Gasteiger partial charge in [0.2, 0.25) is 0 Å². The van der Waals surface area contributed by atoms with Gasteiger partial charge in [0.05, 0.1) is 34.4 Å². The maximum Gasteiger partial charge on any atom is 0.416 e. The Morgan fingerprint density at radius 3 is 2.34 bits per heavy atom. The van der Waals surface area contributed by atoms with Crippen LogP contribution < -0.4 is 16.6 Å². The van der Waals surface area contributed by atoms with Crippen LogP contribution in [0.1, 0.15) is 32.0 Å². The first-order valence-corrected chi connectivity index (χ1v) is 8.21. The molecular weight excluding hydrogens is 391 g/mol. The Bertz CT molecular complexity index is 1260. The molecule has 0 radical (unpaired) electrons. The number of nitrogens with one attached hydrogen (secondary N) is 1. The summed E-state index contributed by atoms with van der Waals surface area (Å²) in [5, 5.41) is 2.00. The summed E-state index contributed by atoms with van der Waals surface area (Å²) in [5.74, 6) is -2.05. The van der Waals surface area contributed by atoms with Crippen LogP contribution in [-0.2, 0) is 6.18 Å². The summed E-state index contributed by atoms with van der Waals surface area (Å²) in [7, 11) is 0. The van der Waals surface area contributed by atoms with Crippen LogP contribution >= 0.6 is 0 Å². The number of nitrogens with zero attached hydrogens (tertiary/aromatic N) is 3. The number of halogens is 3. The van der Waals surface area contributed by atoms with Crippen LogP contribution in [-0.4, -0.2) is 25.9 Å². The highest BCUT2D eigenvalue weighted by molar-refractivity contribution is 6.23. The number of anilines is 1. The number of carbonyl (C=O) groups excluding carboxylic acids is 2. The Morgan fingerprint density at radius 2 is 1.72 bits per heavy atom. The molecule has 3 heterocycles. The quantitative estimate of drug-likeness (QED) is 0.634. The zero-order chi connectivity index (χ0) is 21.1. The molecule has 1 aromatic carbocycles. The van der Waals surface area contributed by atoms with Gasteiger partial charge in [0.15, 0.2) is 0 Å². The Morgan fingerprint density at radius 1 is 1.03 bits per heavy atom. The number of aryl methyl sites for hydroxylation is 1. The van der Waals surface area contributed by atoms with Gasteiger partial charge in [-0.25, -0.2) is 4.98 Å². The lowest BCUT2D eigenvalue weighted by Crippen LogP contribution is -2.24. The lowest BCUT2D eigenvalue weighted by molar-refractivity contribution is -0.137. The number of nitrogen functional groups attached to an aromatic ring is 1. The maximum atomic E-state index is 13.5. The molecule has 0 spiro atoms. The Balaban J connectivity index is 2.01. The second-order valence-electron chi connectivity index (χ2n) is 6.43. The van der Waals surface area contributed by atoms with Crippen molar-refractivity contribution in [3.8, 4) is 11.4 Å². The average Bonchev–Trinajstić information content (AvgIpc) is 3.17. The lowest BCUT2D eigenvalue weighted by atomic mass is 10.1. The number of hydrogen-bond acceptors (Lipinski definition) is 5. The number of imide groups is 1. The van der Waals surface area contributed by atoms with Gasteiger partial charge in [-0.2, -0.15) is 13.2 Å². The van der Waals surface area contributed by atoms with Gasteiger partial charge < -0.3 is 10.3 Å². The number of amides is 2. The fourth-order valence-electron chi connectivity index (χ4n) is 3.15. The molecule has 0 aliphatic carbocycles. The second-order valence-corrected chi connectivity index (χ2v) is 6.43. The van der Waals surface area contributed by atoms with Gasteiger partial charge in [-0.15, -0.1) is 0 Å². The highest BCUT2D eigenvalue weighted by atomic mass is 19.4. The molecule has 0 bridgehead atoms. The molecule has 8 nitrogen and oxygen atoms in total. The van der Waals surface area contributed by atoms with Crippen LogP contribution in [0, 0.1) is 6.92 Å². The first kappa shape index (κ1) is 18.5. The van der Waals surface area contributed by atoms with E-state index in [1.807, 2.05) is 5.32 Å². The Kier molecular flexibility index (Phi) is 3.86. The van der Waals surface area contributed by atoms with Crippen molar-refractivity contribution in [1.82, 2.24) is 19.4 Å². The monoisotopic (exact) mass is 403 g/mol. The third-order valence-electron chi connectivity index (χ3n) is 4.45. The van der Waals surface area contributed by atoms with E-state index in [0.29, 0.717) is 5.69 Å². The molecule has 4 rings (SSSR count). The summed E-state index contributed by atoms with van der Waals surface area (Å²) in [4.78, 5) is 40.3. The molecule has 2 aromatic heterocycles. The van der Waals surface area contributed by atoms with Gasteiger partial charge in [0.1, 0.15) is 5.82 Å². The van der Waals surface area contributed by atoms with E-state index < -0.39 is 34.9 Å². The summed E-state index contributed by atoms with van der Waals surface area (Å²) in [6.07, 6.45) is -1.86. The number of benzene rings is 1. The van der Waals surface area contributed by atoms with Crippen LogP contribution in [0.2, 0.25) is 0 Å². The lowest BCUT2D eigenvalue weighted by Gasteiger charge is -2.16. The molecule has 2 amide bonds. The zero-order valence-electron chi connectivity index (χ0n) is 14.7. The van der Waals surface area contributed by atoms with Crippen LogP contribution in [0.25, 0.3) is 11.4 Å². The van der Waals surface area contributed by atoms with Crippen molar-refractivity contribution in [1.29, 1.82) is 0 Å². The molecule has 148 valence electrons. The van der Waals surface area contributed by atoms with Crippen LogP contribution in [0.4, 0.5) is 19.0 Å². The van der Waals surface area contributed by atoms with Gasteiger partial charge >= 0.3 is 6.18 Å². The SMILES string of the molecule is Cc1cn(-c2cc(-n3c(N)c4c(cc3=O)C(=O)NC4=O)cc(C(F)(F)F)c2)cn1. The first-order valence-electron chi connectivity index (χ1n) is 8.21. The number of alkyl halides is 3. The molecule has 3 N–H and O–H groups in total. The van der Waals surface area contributed by atoms with Crippen molar-refractivity contribution in [2.24, 2.45) is 0 Å². The predicted octanol–water partition coefficient (Wildman–Crippen LogP) is 1.82. The van der Waals surface area contributed by atoms with E-state index in [4.69, 9.17) is 5.73 Å². The summed E-state index contributed by atoms with van der Waals surface area (Å²) < 4.78 is 42.5. The molecule has 0 saturated carbocycles. The molecule has 0 saturated heterocycles. The molecule has 29 heavy (non-hydrogen) atoms. The fourth-order valence-corrected chi connectivity index (χ4v) is 3.15. The molecular formula is C18H12F3N5O3. The van der Waals surface area contributed by atoms with E-state index in [-0.39, 0.29) is 22.5 Å². The average molecular weight is 403 g/mol. The molecule has 0 unspecified atom stereocenters. The molecule has 3 aromatic rings. The minimum Gasteiger partial charge on any atom is -0.384 e. The van der Waals surface area contributed by atoms with Gasteiger partial charge in [-0.3, -0.25) is 24.3 Å². The third-order valence-corrected chi connectivity index (χ3v) is 4.45. The zero-order valence-corrected chi connectivity index (χ0v) is 14.7. The van der Waals surface area contributed by atoms with E-state index in [1.165, 1.54) is 23.2 Å². The van der Waals surface area contributed by atoms with Crippen molar-refractivity contribution in [2.75, 3.05) is 5.73 Å². The summed E-state index contributed by atoms with van der Waals surface area (Å²) in [5.41, 5.74) is 4.03. The minimum absolute atomic E-state index is 0.0859. The number of rotatable bonds is 2. The largest absolute Gasteiger partial charge is 0.416 e. The molecule has 1 aliphatic heterocycles. The number of carbonyl (C=O) groups is 2. The van der Waals surface area contributed by atoms with E-state index >= 15 is 0 Å². The highest BCUT2D eigenvalue weighted by Gasteiger charge is 2.34. The number of fused-ring (bicyclic) bond motifs is 1. The normalized spacial score (nSPS) is 13.5. The van der Waals surface area contributed by atoms with Crippen molar-refractivity contribution < 1.29 is 22.8 Å². The molecule has 0 atom stereocenters. The molecule has 0 fully saturated rings. The van der Waals surface area contributed by atoms with Crippen molar-refractivity contribution >= 4 is 17.6 Å². The standard InChI is InChI=1S/C18H12F3N5O3/c1-8-6-25(7-23-8)10-2-9(18(19,20)21)3-11(4-10)26-13(27)5-12-14(15(26)22)17(29)24-16(12)28/h2-7H,22H2,1H3,(H,24,28,29). The minimum atomic E-state index is -4.71. The van der Waals surface area contributed by atoms with E-state index in [9.17, 15) is 27.6 Å². The second kappa shape index (κ2) is 6.06. The smallest absolute Gasteiger partial charge is 0.384 e. The van der Waals surface area contributed by atoms with Crippen molar-refractivity contribution in [2.45, 2.75) is 13.1 Å². The number of pyridine rings is 1. The number of nitrogens with two attached hydrogens (primary N) is 1. The van der Waals surface area contributed by atoms with Gasteiger partial charge in [-0.05, 0) is 25.1 Å². The van der Waals surface area contributed by atoms with Crippen molar-refractivity contribution in [3.05, 3.63) is 69.5 Å². The Labute approximate surface area is 160 Å². The van der Waals surface area contributed by atoms with Crippen LogP contribution in [0.3, 0.4) is 0 Å². The van der Waals surface area contributed by atoms with E-state index in [0.717, 1.165) is 22.8 Å². The van der Waals surface area contributed by atoms with E-state index in [1.54, 1.807) is 6.92 Å². The van der Waals surface area contributed by atoms with Gasteiger partial charge in [-0.1, -0.05) is 0 Å². The highest BCUT2D eigenvalue weighted by Crippen LogP contribution is 2.33. The van der Waals surface area contributed by atoms with Crippen LogP contribution in [0.15, 0.2) is 41.6 Å². The topological polar surface area (TPSA) is 112 Å². The fraction of sp³-hybridized carbons (Fsp3) is 0.111. The van der Waals surface area contributed by atoms with Crippen molar-refractivity contribution in [3.63, 3.8) is 0 Å². The number of hydrogen-bond donors (Lipinski definition) is 2. The maximum absolute atomic E-state index is 13.5. The summed E-state index contributed by atoms with van der Waals surface area (Å²) in [6.45, 7) is 1.67. The van der Waals surface area contributed by atoms with Crippen LogP contribution in [0.5, 0.6) is 0 Å². The van der Waals surface area contributed by atoms with E-state index in [2.05, 4.69) is 4.98 Å².